The molecule has 2 heteroatoms. The van der Waals surface area contributed by atoms with Crippen molar-refractivity contribution >= 4 is 5.97 Å². The predicted molar refractivity (Wildman–Crippen MR) is 58.9 cm³/mol. The van der Waals surface area contributed by atoms with Crippen LogP contribution in [0.5, 0.6) is 0 Å². The summed E-state index contributed by atoms with van der Waals surface area (Å²) in [5, 5.41) is 9.06. The molecule has 1 aliphatic carbocycles. The summed E-state index contributed by atoms with van der Waals surface area (Å²) in [6.07, 6.45) is 3.21. The first-order valence-corrected chi connectivity index (χ1v) is 5.50. The first-order chi connectivity index (χ1) is 7.20. The summed E-state index contributed by atoms with van der Waals surface area (Å²) in [5.74, 6) is -0.754. The molecular weight excluding hydrogens is 188 g/mol. The van der Waals surface area contributed by atoms with E-state index < -0.39 is 5.97 Å². The molecule has 0 aliphatic heterocycles. The molecule has 1 aliphatic rings. The summed E-state index contributed by atoms with van der Waals surface area (Å²) >= 11 is 0. The van der Waals surface area contributed by atoms with Gasteiger partial charge in [0.1, 0.15) is 0 Å². The van der Waals surface area contributed by atoms with Crippen LogP contribution in [0.1, 0.15) is 36.8 Å². The Bertz CT molecular complexity index is 371. The Morgan fingerprint density at radius 2 is 2.20 bits per heavy atom. The maximum atomic E-state index is 11.0. The number of carboxylic acids is 1. The van der Waals surface area contributed by atoms with Crippen LogP contribution >= 0.6 is 0 Å². The third-order valence-corrected chi connectivity index (χ3v) is 3.41. The highest BCUT2D eigenvalue weighted by atomic mass is 16.4. The Hall–Kier alpha value is -1.31. The van der Waals surface area contributed by atoms with Gasteiger partial charge in [0.2, 0.25) is 0 Å². The molecule has 1 N–H and O–H groups in total. The summed E-state index contributed by atoms with van der Waals surface area (Å²) in [5.41, 5.74) is 2.58. The standard InChI is InChI=1S/C13H16O2/c1-9(13(14)15)11-8-4-6-10-5-2-3-7-12(10)11/h2-3,5,7,9,11H,4,6,8H2,1H3,(H,14,15). The van der Waals surface area contributed by atoms with Gasteiger partial charge in [-0.3, -0.25) is 4.79 Å². The summed E-state index contributed by atoms with van der Waals surface area (Å²) in [6.45, 7) is 1.81. The summed E-state index contributed by atoms with van der Waals surface area (Å²) in [7, 11) is 0. The number of carbonyl (C=O) groups is 1. The molecule has 0 aromatic heterocycles. The number of hydrogen-bond donors (Lipinski definition) is 1. The fourth-order valence-electron chi connectivity index (χ4n) is 2.48. The van der Waals surface area contributed by atoms with Crippen LogP contribution in [0.4, 0.5) is 0 Å². The van der Waals surface area contributed by atoms with E-state index in [1.54, 1.807) is 0 Å². The summed E-state index contributed by atoms with van der Waals surface area (Å²) < 4.78 is 0. The van der Waals surface area contributed by atoms with Crippen LogP contribution < -0.4 is 0 Å². The molecule has 0 saturated heterocycles. The van der Waals surface area contributed by atoms with Crippen molar-refractivity contribution < 1.29 is 9.90 Å². The molecule has 0 saturated carbocycles. The lowest BCUT2D eigenvalue weighted by atomic mass is 9.76. The van der Waals surface area contributed by atoms with Gasteiger partial charge in [0, 0.05) is 0 Å². The Morgan fingerprint density at radius 1 is 1.47 bits per heavy atom. The number of rotatable bonds is 2. The van der Waals surface area contributed by atoms with Gasteiger partial charge >= 0.3 is 5.97 Å². The fourth-order valence-corrected chi connectivity index (χ4v) is 2.48. The van der Waals surface area contributed by atoms with Crippen molar-refractivity contribution in [1.29, 1.82) is 0 Å². The van der Waals surface area contributed by atoms with Crippen LogP contribution in [0.25, 0.3) is 0 Å². The molecule has 0 amide bonds. The largest absolute Gasteiger partial charge is 0.481 e. The van der Waals surface area contributed by atoms with Crippen molar-refractivity contribution in [3.05, 3.63) is 35.4 Å². The molecule has 0 spiro atoms. The topological polar surface area (TPSA) is 37.3 Å². The van der Waals surface area contributed by atoms with Crippen molar-refractivity contribution in [2.75, 3.05) is 0 Å². The van der Waals surface area contributed by atoms with Crippen LogP contribution in [0, 0.1) is 5.92 Å². The van der Waals surface area contributed by atoms with Gasteiger partial charge in [-0.25, -0.2) is 0 Å². The Labute approximate surface area is 89.9 Å². The maximum absolute atomic E-state index is 11.0. The first-order valence-electron chi connectivity index (χ1n) is 5.50. The molecule has 0 fully saturated rings. The van der Waals surface area contributed by atoms with E-state index >= 15 is 0 Å². The first kappa shape index (κ1) is 10.2. The molecule has 0 heterocycles. The highest BCUT2D eigenvalue weighted by molar-refractivity contribution is 5.71. The lowest BCUT2D eigenvalue weighted by Crippen LogP contribution is -2.22. The third kappa shape index (κ3) is 1.89. The molecule has 15 heavy (non-hydrogen) atoms. The zero-order valence-corrected chi connectivity index (χ0v) is 8.94. The average Bonchev–Trinajstić information content (AvgIpc) is 2.27. The lowest BCUT2D eigenvalue weighted by Gasteiger charge is -2.28. The van der Waals surface area contributed by atoms with Crippen molar-refractivity contribution in [2.24, 2.45) is 5.92 Å². The quantitative estimate of drug-likeness (QED) is 0.804. The second-order valence-electron chi connectivity index (χ2n) is 4.32. The van der Waals surface area contributed by atoms with Gasteiger partial charge in [-0.05, 0) is 36.3 Å². The monoisotopic (exact) mass is 204 g/mol. The number of benzene rings is 1. The van der Waals surface area contributed by atoms with Crippen molar-refractivity contribution in [2.45, 2.75) is 32.1 Å². The fraction of sp³-hybridized carbons (Fsp3) is 0.462. The van der Waals surface area contributed by atoms with E-state index in [1.807, 2.05) is 19.1 Å². The van der Waals surface area contributed by atoms with Crippen molar-refractivity contribution in [3.8, 4) is 0 Å². The molecule has 1 aromatic rings. The van der Waals surface area contributed by atoms with Gasteiger partial charge in [-0.2, -0.15) is 0 Å². The highest BCUT2D eigenvalue weighted by Crippen LogP contribution is 2.36. The molecule has 2 atom stereocenters. The van der Waals surface area contributed by atoms with Crippen LogP contribution in [0.2, 0.25) is 0 Å². The zero-order valence-electron chi connectivity index (χ0n) is 8.94. The second-order valence-corrected chi connectivity index (χ2v) is 4.32. The molecule has 2 unspecified atom stereocenters. The van der Waals surface area contributed by atoms with Crippen LogP contribution in [-0.2, 0) is 11.2 Å². The van der Waals surface area contributed by atoms with Gasteiger partial charge < -0.3 is 5.11 Å². The van der Waals surface area contributed by atoms with Gasteiger partial charge in [-0.15, -0.1) is 0 Å². The molecule has 2 rings (SSSR count). The minimum Gasteiger partial charge on any atom is -0.481 e. The second kappa shape index (κ2) is 4.05. The van der Waals surface area contributed by atoms with Crippen LogP contribution in [0.3, 0.4) is 0 Å². The Balaban J connectivity index is 2.33. The highest BCUT2D eigenvalue weighted by Gasteiger charge is 2.28. The Kier molecular flexibility index (Phi) is 2.76. The molecule has 1 aromatic carbocycles. The van der Waals surface area contributed by atoms with E-state index in [2.05, 4.69) is 12.1 Å². The Morgan fingerprint density at radius 3 is 2.93 bits per heavy atom. The third-order valence-electron chi connectivity index (χ3n) is 3.41. The van der Waals surface area contributed by atoms with E-state index in [0.717, 1.165) is 19.3 Å². The van der Waals surface area contributed by atoms with E-state index in [9.17, 15) is 4.79 Å². The minimum absolute atomic E-state index is 0.201. The van der Waals surface area contributed by atoms with E-state index in [0.29, 0.717) is 0 Å². The van der Waals surface area contributed by atoms with E-state index in [4.69, 9.17) is 5.11 Å². The van der Waals surface area contributed by atoms with E-state index in [-0.39, 0.29) is 11.8 Å². The molecule has 80 valence electrons. The lowest BCUT2D eigenvalue weighted by molar-refractivity contribution is -0.142. The maximum Gasteiger partial charge on any atom is 0.306 e. The normalized spacial score (nSPS) is 21.8. The summed E-state index contributed by atoms with van der Waals surface area (Å²) in [4.78, 5) is 11.0. The van der Waals surface area contributed by atoms with Crippen molar-refractivity contribution in [3.63, 3.8) is 0 Å². The average molecular weight is 204 g/mol. The number of hydrogen-bond acceptors (Lipinski definition) is 1. The van der Waals surface area contributed by atoms with Gasteiger partial charge in [0.15, 0.2) is 0 Å². The smallest absolute Gasteiger partial charge is 0.306 e. The van der Waals surface area contributed by atoms with Gasteiger partial charge in [0.25, 0.3) is 0 Å². The van der Waals surface area contributed by atoms with Gasteiger partial charge in [-0.1, -0.05) is 31.2 Å². The molecule has 2 nitrogen and oxygen atoms in total. The molecule has 0 bridgehead atoms. The van der Waals surface area contributed by atoms with Gasteiger partial charge in [0.05, 0.1) is 5.92 Å². The number of aliphatic carboxylic acids is 1. The minimum atomic E-state index is -0.684. The van der Waals surface area contributed by atoms with Crippen LogP contribution in [0.15, 0.2) is 24.3 Å². The van der Waals surface area contributed by atoms with Crippen molar-refractivity contribution in [1.82, 2.24) is 0 Å². The molecule has 0 radical (unpaired) electrons. The number of carboxylic acid groups (broad SMARTS) is 1. The van der Waals surface area contributed by atoms with Crippen LogP contribution in [-0.4, -0.2) is 11.1 Å². The van der Waals surface area contributed by atoms with E-state index in [1.165, 1.54) is 11.1 Å². The predicted octanol–water partition coefficient (Wildman–Crippen LogP) is 2.83. The number of aryl methyl sites for hydroxylation is 1. The summed E-state index contributed by atoms with van der Waals surface area (Å²) in [6, 6.07) is 8.24. The number of fused-ring (bicyclic) bond motifs is 1. The zero-order chi connectivity index (χ0) is 10.8. The molecular formula is C13H16O2. The SMILES string of the molecule is CC(C(=O)O)C1CCCc2ccccc21.